The maximum absolute atomic E-state index is 11.6. The van der Waals surface area contributed by atoms with Crippen molar-refractivity contribution in [2.45, 2.75) is 40.0 Å². The minimum absolute atomic E-state index is 0. The van der Waals surface area contributed by atoms with E-state index in [1.165, 1.54) is 39.3 Å². The number of hydrogen-bond acceptors (Lipinski definition) is 11. The molecule has 49 heavy (non-hydrogen) atoms. The van der Waals surface area contributed by atoms with Crippen LogP contribution >= 0.6 is 28.3 Å². The molecular formula is C25H56BrClF3N3O12S4. The van der Waals surface area contributed by atoms with E-state index in [9.17, 15) is 46.8 Å². The Hall–Kier alpha value is 0.0800. The maximum Gasteiger partial charge on any atom is 0.265 e. The van der Waals surface area contributed by atoms with Crippen molar-refractivity contribution in [3.63, 3.8) is 0 Å². The smallest absolute Gasteiger partial charge is 0.265 e. The highest BCUT2D eigenvalue weighted by Crippen LogP contribution is 2.14. The van der Waals surface area contributed by atoms with Crippen LogP contribution in [0.4, 0.5) is 13.2 Å². The molecular weight excluding hydrogens is 835 g/mol. The largest absolute Gasteiger partial charge is 0.316 e. The molecule has 3 fully saturated rings. The summed E-state index contributed by atoms with van der Waals surface area (Å²) in [4.78, 5) is 4.59. The van der Waals surface area contributed by atoms with Crippen molar-refractivity contribution in [3.05, 3.63) is 0 Å². The van der Waals surface area contributed by atoms with E-state index in [1.54, 1.807) is 0 Å². The van der Waals surface area contributed by atoms with E-state index in [0.717, 1.165) is 36.2 Å². The Labute approximate surface area is 306 Å². The molecule has 0 aromatic rings. The summed E-state index contributed by atoms with van der Waals surface area (Å²) in [6.07, 6.45) is 2.07. The molecule has 3 aliphatic heterocycles. The zero-order valence-corrected chi connectivity index (χ0v) is 33.8. The summed E-state index contributed by atoms with van der Waals surface area (Å²) in [6.45, 7) is 15.3. The molecule has 0 bridgehead atoms. The van der Waals surface area contributed by atoms with Gasteiger partial charge in [-0.25, -0.2) is 0 Å². The van der Waals surface area contributed by atoms with Gasteiger partial charge in [0.2, 0.25) is 0 Å². The van der Waals surface area contributed by atoms with Gasteiger partial charge in [0.25, 0.3) is 40.5 Å². The third kappa shape index (κ3) is 48.1. The van der Waals surface area contributed by atoms with Crippen molar-refractivity contribution < 1.29 is 65.1 Å². The molecule has 0 spiro atoms. The highest BCUT2D eigenvalue weighted by Gasteiger charge is 2.21. The summed E-state index contributed by atoms with van der Waals surface area (Å²) in [5, 5.41) is 3.94. The summed E-state index contributed by atoms with van der Waals surface area (Å²) in [7, 11) is -17.2. The summed E-state index contributed by atoms with van der Waals surface area (Å²) >= 11 is 3.07. The van der Waals surface area contributed by atoms with Gasteiger partial charge in [-0.1, -0.05) is 36.7 Å². The SMILES string of the molecule is CC1CN(CCCF)C1.CC1CN(CCCF)C1.CC1CNC1.Cl.FCCCBr.O=S(=O)(O)CCS(=O)(=O)O.O=S(=O)(O)CCS(=O)(=O)O. The molecule has 0 atom stereocenters. The molecule has 0 radical (unpaired) electrons. The average Bonchev–Trinajstić information content (AvgIpc) is 2.90. The number of rotatable bonds is 14. The Balaban J connectivity index is -0.000000251. The van der Waals surface area contributed by atoms with Crippen molar-refractivity contribution in [2.24, 2.45) is 17.8 Å². The van der Waals surface area contributed by atoms with Crippen LogP contribution in [0.1, 0.15) is 40.0 Å². The fourth-order valence-corrected chi connectivity index (χ4v) is 7.07. The number of hydrogen-bond donors (Lipinski definition) is 5. The van der Waals surface area contributed by atoms with Gasteiger partial charge in [-0.3, -0.25) is 31.4 Å². The molecule has 0 amide bonds. The zero-order valence-electron chi connectivity index (χ0n) is 28.2. The van der Waals surface area contributed by atoms with Crippen LogP contribution in [0.5, 0.6) is 0 Å². The van der Waals surface area contributed by atoms with Gasteiger partial charge in [0.15, 0.2) is 0 Å². The Morgan fingerprint density at radius 1 is 0.571 bits per heavy atom. The van der Waals surface area contributed by atoms with Crippen LogP contribution in [-0.4, -0.2) is 162 Å². The summed E-state index contributed by atoms with van der Waals surface area (Å²) < 4.78 is 145. The van der Waals surface area contributed by atoms with Crippen LogP contribution < -0.4 is 5.32 Å². The molecule has 0 unspecified atom stereocenters. The van der Waals surface area contributed by atoms with Gasteiger partial charge in [-0.2, -0.15) is 33.7 Å². The molecule has 0 aliphatic carbocycles. The quantitative estimate of drug-likeness (QED) is 0.125. The van der Waals surface area contributed by atoms with Crippen LogP contribution in [0.25, 0.3) is 0 Å². The van der Waals surface area contributed by atoms with Gasteiger partial charge in [0, 0.05) is 44.6 Å². The van der Waals surface area contributed by atoms with Gasteiger partial charge in [-0.15, -0.1) is 12.4 Å². The van der Waals surface area contributed by atoms with Crippen molar-refractivity contribution in [2.75, 3.05) is 101 Å². The molecule has 302 valence electrons. The van der Waals surface area contributed by atoms with Gasteiger partial charge in [-0.05, 0) is 50.1 Å². The molecule has 3 rings (SSSR count). The minimum Gasteiger partial charge on any atom is -0.316 e. The van der Waals surface area contributed by atoms with Gasteiger partial charge in [0.05, 0.1) is 43.0 Å². The first-order valence-electron chi connectivity index (χ1n) is 15.1. The summed E-state index contributed by atoms with van der Waals surface area (Å²) in [6, 6.07) is 0. The monoisotopic (exact) mass is 889 g/mol. The summed E-state index contributed by atoms with van der Waals surface area (Å²) in [5.41, 5.74) is 0. The van der Waals surface area contributed by atoms with Crippen LogP contribution in [-0.2, 0) is 40.5 Å². The lowest BCUT2D eigenvalue weighted by Crippen LogP contribution is -2.45. The van der Waals surface area contributed by atoms with E-state index in [1.807, 2.05) is 0 Å². The van der Waals surface area contributed by atoms with Crippen LogP contribution in [0, 0.1) is 17.8 Å². The maximum atomic E-state index is 11.6. The Morgan fingerprint density at radius 2 is 0.816 bits per heavy atom. The first-order chi connectivity index (χ1) is 21.9. The zero-order chi connectivity index (χ0) is 38.0. The van der Waals surface area contributed by atoms with Crippen LogP contribution in [0.15, 0.2) is 0 Å². The molecule has 0 aromatic heterocycles. The first kappa shape index (κ1) is 55.8. The first-order valence-corrected chi connectivity index (χ1v) is 22.6. The van der Waals surface area contributed by atoms with E-state index < -0.39 is 63.5 Å². The van der Waals surface area contributed by atoms with E-state index >= 15 is 0 Å². The van der Waals surface area contributed by atoms with Gasteiger partial charge < -0.3 is 15.1 Å². The second-order valence-corrected chi connectivity index (χ2v) is 18.5. The fraction of sp³-hybridized carbons (Fsp3) is 1.00. The molecule has 0 aromatic carbocycles. The molecule has 5 N–H and O–H groups in total. The van der Waals surface area contributed by atoms with E-state index in [-0.39, 0.29) is 32.4 Å². The number of likely N-dealkylation sites (tertiary alicyclic amines) is 2. The second kappa shape index (κ2) is 30.5. The lowest BCUT2D eigenvalue weighted by atomic mass is 10.0. The van der Waals surface area contributed by atoms with Crippen LogP contribution in [0.2, 0.25) is 0 Å². The lowest BCUT2D eigenvalue weighted by molar-refractivity contribution is 0.109. The standard InChI is InChI=1S/2C7H14FN.C4H9N.C3H6BrF.2C2H6O6S2.ClH/c2*1-7-5-9(6-7)4-2-3-8;1-4-2-5-3-4;4-2-1-3-5;2*3-9(4,5)1-2-10(6,7)8;/h2*7H,2-6H2,1H3;4-5H,2-3H2,1H3;1-3H2;2*1-2H2,(H,3,4,5)(H,6,7,8);1H. The third-order valence-electron chi connectivity index (χ3n) is 5.95. The minimum atomic E-state index is -4.30. The summed E-state index contributed by atoms with van der Waals surface area (Å²) in [5.74, 6) is -1.26. The lowest BCUT2D eigenvalue weighted by Gasteiger charge is -2.36. The predicted octanol–water partition coefficient (Wildman–Crippen LogP) is 2.51. The molecule has 0 saturated carbocycles. The highest BCUT2D eigenvalue weighted by atomic mass is 79.9. The third-order valence-corrected chi connectivity index (χ3v) is 9.90. The molecule has 15 nitrogen and oxygen atoms in total. The molecule has 24 heteroatoms. The number of nitrogens with zero attached hydrogens (tertiary/aromatic N) is 2. The topological polar surface area (TPSA) is 236 Å². The normalized spacial score (nSPS) is 17.0. The highest BCUT2D eigenvalue weighted by molar-refractivity contribution is 9.09. The molecule has 3 aliphatic rings. The number of nitrogens with one attached hydrogen (secondary N) is 1. The predicted molar refractivity (Wildman–Crippen MR) is 192 cm³/mol. The average molecular weight is 891 g/mol. The second-order valence-electron chi connectivity index (χ2n) is 11.5. The van der Waals surface area contributed by atoms with E-state index in [0.29, 0.717) is 19.3 Å². The Morgan fingerprint density at radius 3 is 0.918 bits per heavy atom. The van der Waals surface area contributed by atoms with Gasteiger partial charge in [0.1, 0.15) is 0 Å². The van der Waals surface area contributed by atoms with Crippen molar-refractivity contribution >= 4 is 68.8 Å². The molecule has 3 saturated heterocycles. The number of alkyl halides is 4. The van der Waals surface area contributed by atoms with E-state index in [2.05, 4.69) is 51.8 Å². The van der Waals surface area contributed by atoms with Crippen molar-refractivity contribution in [1.82, 2.24) is 15.1 Å². The Bertz CT molecular complexity index is 1070. The number of halogens is 5. The van der Waals surface area contributed by atoms with Crippen molar-refractivity contribution in [3.8, 4) is 0 Å². The van der Waals surface area contributed by atoms with Crippen LogP contribution in [0.3, 0.4) is 0 Å². The van der Waals surface area contributed by atoms with Gasteiger partial charge >= 0.3 is 0 Å². The molecule has 3 heterocycles. The van der Waals surface area contributed by atoms with Crippen molar-refractivity contribution in [1.29, 1.82) is 0 Å². The Kier molecular flexibility index (Phi) is 34.8. The fourth-order valence-electron chi connectivity index (χ4n) is 3.49. The van der Waals surface area contributed by atoms with E-state index in [4.69, 9.17) is 18.2 Å².